The first-order chi connectivity index (χ1) is 15.5. The molecule has 0 fully saturated rings. The Morgan fingerprint density at radius 3 is 2.19 bits per heavy atom. The number of nitrogen functional groups attached to an aromatic ring is 1. The van der Waals surface area contributed by atoms with Crippen molar-refractivity contribution in [2.75, 3.05) is 34.2 Å². The Labute approximate surface area is 184 Å². The zero-order valence-electron chi connectivity index (χ0n) is 17.9. The number of rotatable bonds is 6. The predicted molar refractivity (Wildman–Crippen MR) is 117 cm³/mol. The van der Waals surface area contributed by atoms with Crippen molar-refractivity contribution in [1.29, 1.82) is 5.26 Å². The van der Waals surface area contributed by atoms with Crippen molar-refractivity contribution in [3.05, 3.63) is 42.0 Å². The Morgan fingerprint density at radius 2 is 1.62 bits per heavy atom. The van der Waals surface area contributed by atoms with Crippen molar-refractivity contribution in [3.8, 4) is 51.7 Å². The Kier molecular flexibility index (Phi) is 8.19. The molecule has 10 heteroatoms. The van der Waals surface area contributed by atoms with Gasteiger partial charge in [0.25, 0.3) is 6.47 Å². The van der Waals surface area contributed by atoms with Gasteiger partial charge >= 0.3 is 0 Å². The smallest absolute Gasteiger partial charge is 0.290 e. The van der Waals surface area contributed by atoms with Gasteiger partial charge in [-0.25, -0.2) is 9.97 Å². The van der Waals surface area contributed by atoms with Crippen LogP contribution >= 0.6 is 0 Å². The topological polar surface area (TPSA) is 150 Å². The Balaban J connectivity index is 0.00000114. The number of ether oxygens (including phenoxy) is 4. The third-order valence-corrected chi connectivity index (χ3v) is 4.35. The van der Waals surface area contributed by atoms with Gasteiger partial charge < -0.3 is 29.8 Å². The summed E-state index contributed by atoms with van der Waals surface area (Å²) < 4.78 is 21.5. The van der Waals surface area contributed by atoms with Crippen molar-refractivity contribution in [1.82, 2.24) is 9.97 Å². The van der Waals surface area contributed by atoms with Gasteiger partial charge in [-0.3, -0.25) is 4.79 Å². The molecular formula is C22H22N4O6. The van der Waals surface area contributed by atoms with E-state index in [1.165, 1.54) is 21.3 Å². The maximum atomic E-state index is 9.61. The first kappa shape index (κ1) is 23.8. The molecular weight excluding hydrogens is 416 g/mol. The highest BCUT2D eigenvalue weighted by molar-refractivity contribution is 5.82. The summed E-state index contributed by atoms with van der Waals surface area (Å²) in [6.45, 7) is -0.250. The standard InChI is InChI=1S/C21H20N4O4.CH2O2/c1-26-17-9-8-12(19(28-3)20(17)29-4)16-10-13(14(11-22)21(23)25-16)15-6-5-7-18(24-15)27-2;2-1-3/h5-10H,1-4H3,(H2,23,25);1H,(H,2,3). The lowest BCUT2D eigenvalue weighted by molar-refractivity contribution is -0.122. The number of aromatic nitrogens is 2. The van der Waals surface area contributed by atoms with Gasteiger partial charge in [-0.15, -0.1) is 0 Å². The number of hydrogen-bond donors (Lipinski definition) is 2. The molecule has 3 aromatic rings. The summed E-state index contributed by atoms with van der Waals surface area (Å²) in [5.74, 6) is 1.89. The van der Waals surface area contributed by atoms with E-state index in [0.717, 1.165) is 0 Å². The third-order valence-electron chi connectivity index (χ3n) is 4.35. The van der Waals surface area contributed by atoms with Crippen LogP contribution in [0.25, 0.3) is 22.5 Å². The molecule has 0 saturated heterocycles. The summed E-state index contributed by atoms with van der Waals surface area (Å²) in [6.07, 6.45) is 0. The summed E-state index contributed by atoms with van der Waals surface area (Å²) >= 11 is 0. The molecule has 3 N–H and O–H groups in total. The number of methoxy groups -OCH3 is 4. The van der Waals surface area contributed by atoms with Crippen LogP contribution in [0, 0.1) is 11.3 Å². The van der Waals surface area contributed by atoms with E-state index in [0.29, 0.717) is 45.6 Å². The van der Waals surface area contributed by atoms with E-state index in [9.17, 15) is 5.26 Å². The average molecular weight is 438 g/mol. The Hall–Kier alpha value is -4.52. The minimum Gasteiger partial charge on any atom is -0.493 e. The SMILES string of the molecule is COc1cccc(-c2cc(-c3ccc(OC)c(OC)c3OC)nc(N)c2C#N)n1.O=CO. The van der Waals surface area contributed by atoms with Crippen LogP contribution in [0.4, 0.5) is 5.82 Å². The highest BCUT2D eigenvalue weighted by Gasteiger charge is 2.21. The Morgan fingerprint density at radius 1 is 0.938 bits per heavy atom. The number of nitriles is 1. The fourth-order valence-electron chi connectivity index (χ4n) is 3.00. The highest BCUT2D eigenvalue weighted by Crippen LogP contribution is 2.44. The van der Waals surface area contributed by atoms with Crippen LogP contribution in [0.5, 0.6) is 23.1 Å². The van der Waals surface area contributed by atoms with Gasteiger partial charge in [0.15, 0.2) is 11.5 Å². The van der Waals surface area contributed by atoms with Crippen LogP contribution in [0.1, 0.15) is 5.56 Å². The number of nitrogens with zero attached hydrogens (tertiary/aromatic N) is 3. The van der Waals surface area contributed by atoms with Gasteiger partial charge in [0.2, 0.25) is 11.6 Å². The van der Waals surface area contributed by atoms with Crippen LogP contribution in [-0.4, -0.2) is 50.0 Å². The van der Waals surface area contributed by atoms with Gasteiger partial charge in [-0.05, 0) is 24.3 Å². The summed E-state index contributed by atoms with van der Waals surface area (Å²) in [6, 6.07) is 12.7. The fraction of sp³-hybridized carbons (Fsp3) is 0.182. The van der Waals surface area contributed by atoms with Crippen molar-refractivity contribution in [3.63, 3.8) is 0 Å². The molecule has 2 heterocycles. The second-order valence-electron chi connectivity index (χ2n) is 5.98. The van der Waals surface area contributed by atoms with E-state index in [2.05, 4.69) is 16.0 Å². The molecule has 2 aromatic heterocycles. The zero-order valence-corrected chi connectivity index (χ0v) is 17.9. The molecule has 32 heavy (non-hydrogen) atoms. The number of benzene rings is 1. The summed E-state index contributed by atoms with van der Waals surface area (Å²) in [7, 11) is 6.12. The van der Waals surface area contributed by atoms with E-state index in [-0.39, 0.29) is 17.9 Å². The van der Waals surface area contributed by atoms with Crippen molar-refractivity contribution in [2.24, 2.45) is 0 Å². The van der Waals surface area contributed by atoms with E-state index >= 15 is 0 Å². The van der Waals surface area contributed by atoms with E-state index < -0.39 is 0 Å². The van der Waals surface area contributed by atoms with E-state index in [4.69, 9.17) is 34.6 Å². The molecule has 0 aliphatic rings. The molecule has 0 unspecified atom stereocenters. The van der Waals surface area contributed by atoms with E-state index in [1.54, 1.807) is 43.5 Å². The molecule has 0 atom stereocenters. The first-order valence-corrected chi connectivity index (χ1v) is 9.08. The van der Waals surface area contributed by atoms with Crippen LogP contribution in [0.2, 0.25) is 0 Å². The van der Waals surface area contributed by atoms with Crippen molar-refractivity contribution in [2.45, 2.75) is 0 Å². The van der Waals surface area contributed by atoms with Crippen molar-refractivity contribution >= 4 is 12.3 Å². The molecule has 0 spiro atoms. The number of pyridine rings is 2. The summed E-state index contributed by atoms with van der Waals surface area (Å²) in [4.78, 5) is 17.2. The minimum absolute atomic E-state index is 0.0847. The molecule has 166 valence electrons. The van der Waals surface area contributed by atoms with Crippen LogP contribution < -0.4 is 24.7 Å². The number of carboxylic acid groups (broad SMARTS) is 1. The largest absolute Gasteiger partial charge is 0.493 e. The quantitative estimate of drug-likeness (QED) is 0.550. The second-order valence-corrected chi connectivity index (χ2v) is 5.98. The number of hydrogen-bond acceptors (Lipinski definition) is 9. The fourth-order valence-corrected chi connectivity index (χ4v) is 3.00. The van der Waals surface area contributed by atoms with Gasteiger partial charge in [0.1, 0.15) is 17.5 Å². The molecule has 0 saturated carbocycles. The second kappa shape index (κ2) is 11.0. The number of carbonyl (C=O) groups is 1. The maximum Gasteiger partial charge on any atom is 0.290 e. The average Bonchev–Trinajstić information content (AvgIpc) is 2.82. The number of anilines is 1. The molecule has 10 nitrogen and oxygen atoms in total. The van der Waals surface area contributed by atoms with E-state index in [1.807, 2.05) is 0 Å². The first-order valence-electron chi connectivity index (χ1n) is 9.08. The minimum atomic E-state index is -0.250. The zero-order chi connectivity index (χ0) is 23.7. The third kappa shape index (κ3) is 4.79. The number of nitrogens with two attached hydrogens (primary N) is 1. The predicted octanol–water partition coefficient (Wildman–Crippen LogP) is 3.00. The van der Waals surface area contributed by atoms with Crippen molar-refractivity contribution < 1.29 is 28.8 Å². The van der Waals surface area contributed by atoms with Crippen LogP contribution in [0.3, 0.4) is 0 Å². The molecule has 3 rings (SSSR count). The maximum absolute atomic E-state index is 9.61. The lowest BCUT2D eigenvalue weighted by atomic mass is 10.0. The Bertz CT molecular complexity index is 1140. The lowest BCUT2D eigenvalue weighted by Gasteiger charge is -2.16. The molecule has 0 radical (unpaired) electrons. The summed E-state index contributed by atoms with van der Waals surface area (Å²) in [5, 5.41) is 16.5. The van der Waals surface area contributed by atoms with Gasteiger partial charge in [0, 0.05) is 17.2 Å². The highest BCUT2D eigenvalue weighted by atomic mass is 16.5. The lowest BCUT2D eigenvalue weighted by Crippen LogP contribution is -2.02. The molecule has 0 aliphatic heterocycles. The van der Waals surface area contributed by atoms with Crippen LogP contribution in [0.15, 0.2) is 36.4 Å². The molecule has 0 bridgehead atoms. The molecule has 0 amide bonds. The molecule has 1 aromatic carbocycles. The van der Waals surface area contributed by atoms with Gasteiger partial charge in [-0.2, -0.15) is 5.26 Å². The van der Waals surface area contributed by atoms with Crippen LogP contribution in [-0.2, 0) is 4.79 Å². The van der Waals surface area contributed by atoms with Gasteiger partial charge in [-0.1, -0.05) is 6.07 Å². The molecule has 0 aliphatic carbocycles. The normalized spacial score (nSPS) is 9.59. The summed E-state index contributed by atoms with van der Waals surface area (Å²) in [5.41, 5.74) is 8.54. The van der Waals surface area contributed by atoms with Gasteiger partial charge in [0.05, 0.1) is 39.8 Å². The monoisotopic (exact) mass is 438 g/mol.